The molecule has 1 aliphatic carbocycles. The first-order chi connectivity index (χ1) is 11.6. The fraction of sp³-hybridized carbons (Fsp3) is 0.474. The number of rotatable bonds is 9. The fourth-order valence-electron chi connectivity index (χ4n) is 2.75. The van der Waals surface area contributed by atoms with E-state index in [1.54, 1.807) is 12.1 Å². The van der Waals surface area contributed by atoms with Crippen molar-refractivity contribution in [2.45, 2.75) is 39.0 Å². The number of ketones is 2. The van der Waals surface area contributed by atoms with Crippen LogP contribution in [-0.4, -0.2) is 31.5 Å². The van der Waals surface area contributed by atoms with E-state index in [9.17, 15) is 9.59 Å². The van der Waals surface area contributed by atoms with E-state index in [4.69, 9.17) is 9.47 Å². The van der Waals surface area contributed by atoms with Gasteiger partial charge in [0.15, 0.2) is 5.78 Å². The van der Waals surface area contributed by atoms with Gasteiger partial charge in [-0.05, 0) is 24.3 Å². The predicted molar refractivity (Wildman–Crippen MR) is 97.5 cm³/mol. The van der Waals surface area contributed by atoms with Crippen molar-refractivity contribution in [1.29, 1.82) is 0 Å². The average molecular weight is 348 g/mol. The summed E-state index contributed by atoms with van der Waals surface area (Å²) in [6.45, 7) is 2.19. The molecule has 0 amide bonds. The normalized spacial score (nSPS) is 13.5. The van der Waals surface area contributed by atoms with Gasteiger partial charge in [-0.15, -0.1) is 11.8 Å². The summed E-state index contributed by atoms with van der Waals surface area (Å²) in [5.41, 5.74) is 0.618. The van der Waals surface area contributed by atoms with Crippen LogP contribution in [-0.2, 0) is 0 Å². The van der Waals surface area contributed by atoms with Gasteiger partial charge in [0, 0.05) is 6.08 Å². The number of unbranched alkanes of at least 4 members (excludes halogenated alkanes) is 4. The Kier molecular flexibility index (Phi) is 6.91. The van der Waals surface area contributed by atoms with Gasteiger partial charge in [0.25, 0.3) is 0 Å². The molecular formula is C19H24O4S. The van der Waals surface area contributed by atoms with Gasteiger partial charge in [0.05, 0.1) is 30.3 Å². The van der Waals surface area contributed by atoms with E-state index in [2.05, 4.69) is 6.92 Å². The van der Waals surface area contributed by atoms with E-state index in [0.29, 0.717) is 27.5 Å². The monoisotopic (exact) mass is 348 g/mol. The van der Waals surface area contributed by atoms with Crippen LogP contribution in [0.3, 0.4) is 0 Å². The lowest BCUT2D eigenvalue weighted by Gasteiger charge is -2.19. The first-order valence-electron chi connectivity index (χ1n) is 8.32. The number of carbonyl (C=O) groups is 2. The number of hydrogen-bond acceptors (Lipinski definition) is 5. The summed E-state index contributed by atoms with van der Waals surface area (Å²) in [6, 6.07) is 3.32. The number of benzene rings is 1. The van der Waals surface area contributed by atoms with Crippen molar-refractivity contribution in [3.8, 4) is 11.5 Å². The van der Waals surface area contributed by atoms with E-state index < -0.39 is 0 Å². The van der Waals surface area contributed by atoms with Crippen LogP contribution in [0.4, 0.5) is 0 Å². The predicted octanol–water partition coefficient (Wildman–Crippen LogP) is 4.67. The van der Waals surface area contributed by atoms with Crippen LogP contribution in [0.15, 0.2) is 23.1 Å². The molecule has 0 saturated carbocycles. The molecule has 0 N–H and O–H groups in total. The third-order valence-corrected chi connectivity index (χ3v) is 5.14. The van der Waals surface area contributed by atoms with Crippen molar-refractivity contribution >= 4 is 23.3 Å². The van der Waals surface area contributed by atoms with Crippen LogP contribution < -0.4 is 9.47 Å². The van der Waals surface area contributed by atoms with Crippen LogP contribution >= 0.6 is 11.8 Å². The average Bonchev–Trinajstić information content (AvgIpc) is 2.60. The molecule has 130 valence electrons. The molecule has 0 bridgehead atoms. The second-order valence-electron chi connectivity index (χ2n) is 5.68. The zero-order valence-corrected chi connectivity index (χ0v) is 15.3. The van der Waals surface area contributed by atoms with E-state index in [0.717, 1.165) is 18.6 Å². The molecule has 1 aromatic rings. The molecule has 0 atom stereocenters. The van der Waals surface area contributed by atoms with Crippen LogP contribution in [0.25, 0.3) is 0 Å². The highest BCUT2D eigenvalue weighted by atomic mass is 32.2. The summed E-state index contributed by atoms with van der Waals surface area (Å²) in [5, 5.41) is 0. The molecule has 4 nitrogen and oxygen atoms in total. The maximum atomic E-state index is 12.8. The molecule has 1 aliphatic rings. The molecule has 0 radical (unpaired) electrons. The summed E-state index contributed by atoms with van der Waals surface area (Å²) in [5.74, 6) is 1.31. The Morgan fingerprint density at radius 2 is 1.54 bits per heavy atom. The number of fused-ring (bicyclic) bond motifs is 1. The van der Waals surface area contributed by atoms with Gasteiger partial charge in [-0.25, -0.2) is 0 Å². The Labute approximate surface area is 147 Å². The Morgan fingerprint density at radius 3 is 2.17 bits per heavy atom. The zero-order valence-electron chi connectivity index (χ0n) is 14.5. The van der Waals surface area contributed by atoms with Crippen LogP contribution in [0.1, 0.15) is 59.7 Å². The van der Waals surface area contributed by atoms with E-state index in [1.807, 2.05) is 0 Å². The number of ether oxygens (including phenoxy) is 2. The maximum Gasteiger partial charge on any atom is 0.204 e. The fourth-order valence-corrected chi connectivity index (χ4v) is 3.74. The Bertz CT molecular complexity index is 649. The SMILES string of the molecule is CCCCCCCSC1=CC(=O)c2c(OC)ccc(OC)c2C1=O. The number of hydrogen-bond donors (Lipinski definition) is 0. The van der Waals surface area contributed by atoms with E-state index in [1.165, 1.54) is 51.3 Å². The van der Waals surface area contributed by atoms with Gasteiger partial charge in [0.2, 0.25) is 5.78 Å². The number of carbonyl (C=O) groups excluding carboxylic acids is 2. The topological polar surface area (TPSA) is 52.6 Å². The largest absolute Gasteiger partial charge is 0.496 e. The molecule has 0 fully saturated rings. The number of allylic oxidation sites excluding steroid dienone is 2. The highest BCUT2D eigenvalue weighted by Gasteiger charge is 2.31. The van der Waals surface area contributed by atoms with Gasteiger partial charge in [-0.3, -0.25) is 9.59 Å². The van der Waals surface area contributed by atoms with Crippen molar-refractivity contribution in [3.05, 3.63) is 34.2 Å². The van der Waals surface area contributed by atoms with E-state index in [-0.39, 0.29) is 11.6 Å². The molecule has 0 saturated heterocycles. The third-order valence-electron chi connectivity index (χ3n) is 4.03. The van der Waals surface area contributed by atoms with Crippen LogP contribution in [0.2, 0.25) is 0 Å². The standard InChI is InChI=1S/C19H24O4S/c1-4-5-6-7-8-11-24-16-12-13(20)17-14(22-2)9-10-15(23-3)18(17)19(16)21/h9-10,12H,4-8,11H2,1-3H3. The lowest BCUT2D eigenvalue weighted by molar-refractivity contribution is 0.0986. The lowest BCUT2D eigenvalue weighted by Crippen LogP contribution is -2.18. The van der Waals surface area contributed by atoms with Crippen LogP contribution in [0, 0.1) is 0 Å². The summed E-state index contributed by atoms with van der Waals surface area (Å²) < 4.78 is 10.5. The van der Waals surface area contributed by atoms with Crippen molar-refractivity contribution in [2.75, 3.05) is 20.0 Å². The zero-order chi connectivity index (χ0) is 17.5. The molecule has 0 spiro atoms. The second kappa shape index (κ2) is 8.92. The summed E-state index contributed by atoms with van der Waals surface area (Å²) in [7, 11) is 2.99. The molecular weight excluding hydrogens is 324 g/mol. The highest BCUT2D eigenvalue weighted by Crippen LogP contribution is 2.38. The molecule has 2 rings (SSSR count). The van der Waals surface area contributed by atoms with Gasteiger partial charge >= 0.3 is 0 Å². The molecule has 0 aromatic heterocycles. The van der Waals surface area contributed by atoms with Crippen molar-refractivity contribution < 1.29 is 19.1 Å². The van der Waals surface area contributed by atoms with Crippen molar-refractivity contribution in [3.63, 3.8) is 0 Å². The van der Waals surface area contributed by atoms with Crippen molar-refractivity contribution in [2.24, 2.45) is 0 Å². The van der Waals surface area contributed by atoms with Gasteiger partial charge in [-0.1, -0.05) is 32.6 Å². The van der Waals surface area contributed by atoms with Gasteiger partial charge < -0.3 is 9.47 Å². The van der Waals surface area contributed by atoms with E-state index >= 15 is 0 Å². The first-order valence-corrected chi connectivity index (χ1v) is 9.31. The third kappa shape index (κ3) is 4.01. The number of Topliss-reactive ketones (excluding diaryl/α,β-unsaturated/α-hetero) is 1. The number of thioether (sulfide) groups is 1. The molecule has 0 unspecified atom stereocenters. The maximum absolute atomic E-state index is 12.8. The second-order valence-corrected chi connectivity index (χ2v) is 6.82. The number of methoxy groups -OCH3 is 2. The highest BCUT2D eigenvalue weighted by molar-refractivity contribution is 8.04. The minimum Gasteiger partial charge on any atom is -0.496 e. The summed E-state index contributed by atoms with van der Waals surface area (Å²) >= 11 is 1.46. The first kappa shape index (κ1) is 18.6. The minimum atomic E-state index is -0.200. The van der Waals surface area contributed by atoms with Crippen LogP contribution in [0.5, 0.6) is 11.5 Å². The Morgan fingerprint density at radius 1 is 0.917 bits per heavy atom. The minimum absolute atomic E-state index is 0.154. The molecule has 0 heterocycles. The van der Waals surface area contributed by atoms with Crippen molar-refractivity contribution in [1.82, 2.24) is 0 Å². The molecule has 5 heteroatoms. The van der Waals surface area contributed by atoms with Gasteiger partial charge in [0.1, 0.15) is 11.5 Å². The quantitative estimate of drug-likeness (QED) is 0.607. The molecule has 1 aromatic carbocycles. The molecule has 24 heavy (non-hydrogen) atoms. The molecule has 0 aliphatic heterocycles. The smallest absolute Gasteiger partial charge is 0.204 e. The van der Waals surface area contributed by atoms with Gasteiger partial charge in [-0.2, -0.15) is 0 Å². The summed E-state index contributed by atoms with van der Waals surface area (Å²) in [6.07, 6.45) is 7.31. The lowest BCUT2D eigenvalue weighted by atomic mass is 9.93. The Hall–Kier alpha value is -1.75. The Balaban J connectivity index is 2.14. The summed E-state index contributed by atoms with van der Waals surface area (Å²) in [4.78, 5) is 25.8.